The predicted molar refractivity (Wildman–Crippen MR) is 76.5 cm³/mol. The number of aliphatic hydroxyl groups is 1. The van der Waals surface area contributed by atoms with E-state index in [4.69, 9.17) is 0 Å². The van der Waals surface area contributed by atoms with Gasteiger partial charge >= 0.3 is 0 Å². The van der Waals surface area contributed by atoms with Gasteiger partial charge in [0, 0.05) is 35.3 Å². The van der Waals surface area contributed by atoms with Gasteiger partial charge in [-0.1, -0.05) is 6.07 Å². The molecule has 2 heterocycles. The molecule has 0 aromatic carbocycles. The van der Waals surface area contributed by atoms with Gasteiger partial charge in [-0.05, 0) is 37.8 Å². The van der Waals surface area contributed by atoms with Crippen LogP contribution in [0.15, 0.2) is 23.7 Å². The highest BCUT2D eigenvalue weighted by Crippen LogP contribution is 2.33. The molecule has 0 saturated heterocycles. The number of aliphatic hydroxyl groups excluding tert-OH is 1. The van der Waals surface area contributed by atoms with Gasteiger partial charge in [-0.15, -0.1) is 11.3 Å². The Morgan fingerprint density at radius 3 is 3.21 bits per heavy atom. The fourth-order valence-corrected chi connectivity index (χ4v) is 3.66. The monoisotopic (exact) mass is 274 g/mol. The molecule has 0 fully saturated rings. The van der Waals surface area contributed by atoms with Gasteiger partial charge in [0.15, 0.2) is 0 Å². The Hall–Kier alpha value is -1.26. The Bertz CT molecular complexity index is 567. The summed E-state index contributed by atoms with van der Waals surface area (Å²) in [7, 11) is 0. The first-order chi connectivity index (χ1) is 9.24. The largest absolute Gasteiger partial charge is 0.392 e. The summed E-state index contributed by atoms with van der Waals surface area (Å²) in [6.45, 7) is 1.99. The maximum atomic E-state index is 10.5. The highest BCUT2D eigenvalue weighted by molar-refractivity contribution is 7.09. The molecule has 2 unspecified atom stereocenters. The summed E-state index contributed by atoms with van der Waals surface area (Å²) < 4.78 is 0. The summed E-state index contributed by atoms with van der Waals surface area (Å²) in [5, 5.41) is 13.6. The molecule has 3 rings (SSSR count). The SMILES string of the molecule is Cc1csc(CC(O)C2CCCc3cccnc32)n1. The van der Waals surface area contributed by atoms with Crippen LogP contribution in [0.4, 0.5) is 0 Å². The highest BCUT2D eigenvalue weighted by atomic mass is 32.1. The van der Waals surface area contributed by atoms with Crippen molar-refractivity contribution in [1.82, 2.24) is 9.97 Å². The number of aryl methyl sites for hydroxylation is 2. The van der Waals surface area contributed by atoms with Crippen LogP contribution in [0.1, 0.15) is 40.7 Å². The highest BCUT2D eigenvalue weighted by Gasteiger charge is 2.28. The van der Waals surface area contributed by atoms with Gasteiger partial charge in [-0.2, -0.15) is 0 Å². The summed E-state index contributed by atoms with van der Waals surface area (Å²) in [6, 6.07) is 4.12. The number of fused-ring (bicyclic) bond motifs is 1. The molecule has 0 amide bonds. The molecule has 2 aromatic rings. The summed E-state index contributed by atoms with van der Waals surface area (Å²) >= 11 is 1.63. The number of thiazole rings is 1. The third-order valence-corrected chi connectivity index (χ3v) is 4.74. The molecule has 0 saturated carbocycles. The lowest BCUT2D eigenvalue weighted by Gasteiger charge is -2.27. The molecule has 0 aliphatic heterocycles. The third-order valence-electron chi connectivity index (χ3n) is 3.75. The molecular weight excluding hydrogens is 256 g/mol. The van der Waals surface area contributed by atoms with Crippen LogP contribution in [0.5, 0.6) is 0 Å². The van der Waals surface area contributed by atoms with Crippen molar-refractivity contribution in [3.05, 3.63) is 45.7 Å². The van der Waals surface area contributed by atoms with E-state index < -0.39 is 0 Å². The molecule has 0 bridgehead atoms. The molecule has 1 N–H and O–H groups in total. The second-order valence-electron chi connectivity index (χ2n) is 5.20. The smallest absolute Gasteiger partial charge is 0.0954 e. The van der Waals surface area contributed by atoms with Gasteiger partial charge < -0.3 is 5.11 Å². The topological polar surface area (TPSA) is 46.0 Å². The van der Waals surface area contributed by atoms with Gasteiger partial charge in [0.25, 0.3) is 0 Å². The first-order valence-electron chi connectivity index (χ1n) is 6.77. The second kappa shape index (κ2) is 5.39. The Labute approximate surface area is 117 Å². The maximum Gasteiger partial charge on any atom is 0.0954 e. The summed E-state index contributed by atoms with van der Waals surface area (Å²) in [5.41, 5.74) is 3.43. The van der Waals surface area contributed by atoms with Crippen LogP contribution in [0.2, 0.25) is 0 Å². The van der Waals surface area contributed by atoms with Crippen molar-refractivity contribution >= 4 is 11.3 Å². The van der Waals surface area contributed by atoms with Crippen molar-refractivity contribution in [2.24, 2.45) is 0 Å². The Kier molecular flexibility index (Phi) is 3.62. The van der Waals surface area contributed by atoms with E-state index in [1.54, 1.807) is 11.3 Å². The van der Waals surface area contributed by atoms with Gasteiger partial charge in [0.1, 0.15) is 0 Å². The number of aromatic nitrogens is 2. The second-order valence-corrected chi connectivity index (χ2v) is 6.14. The Morgan fingerprint density at radius 2 is 2.42 bits per heavy atom. The van der Waals surface area contributed by atoms with Crippen LogP contribution < -0.4 is 0 Å². The van der Waals surface area contributed by atoms with Crippen LogP contribution in [-0.2, 0) is 12.8 Å². The lowest BCUT2D eigenvalue weighted by Crippen LogP contribution is -2.25. The van der Waals surface area contributed by atoms with E-state index in [0.29, 0.717) is 6.42 Å². The van der Waals surface area contributed by atoms with E-state index in [-0.39, 0.29) is 12.0 Å². The summed E-state index contributed by atoms with van der Waals surface area (Å²) in [5.74, 6) is 0.161. The number of hydrogen-bond acceptors (Lipinski definition) is 4. The zero-order valence-electron chi connectivity index (χ0n) is 11.0. The van der Waals surface area contributed by atoms with Crippen molar-refractivity contribution < 1.29 is 5.11 Å². The van der Waals surface area contributed by atoms with E-state index in [9.17, 15) is 5.11 Å². The van der Waals surface area contributed by atoms with E-state index >= 15 is 0 Å². The standard InChI is InChI=1S/C15H18N2OS/c1-10-9-19-14(17-10)8-13(18)12-6-2-4-11-5-3-7-16-15(11)12/h3,5,7,9,12-13,18H,2,4,6,8H2,1H3. The zero-order chi connectivity index (χ0) is 13.2. The van der Waals surface area contributed by atoms with E-state index in [0.717, 1.165) is 35.7 Å². The van der Waals surface area contributed by atoms with Crippen LogP contribution in [0.3, 0.4) is 0 Å². The van der Waals surface area contributed by atoms with Gasteiger partial charge in [0.2, 0.25) is 0 Å². The minimum Gasteiger partial charge on any atom is -0.392 e. The molecule has 3 nitrogen and oxygen atoms in total. The van der Waals surface area contributed by atoms with Crippen LogP contribution in [0, 0.1) is 6.92 Å². The summed E-state index contributed by atoms with van der Waals surface area (Å²) in [4.78, 5) is 8.93. The average Bonchev–Trinajstić information content (AvgIpc) is 2.83. The minimum atomic E-state index is -0.375. The van der Waals surface area contributed by atoms with Crippen LogP contribution >= 0.6 is 11.3 Å². The zero-order valence-corrected chi connectivity index (χ0v) is 11.9. The third kappa shape index (κ3) is 2.69. The first kappa shape index (κ1) is 12.8. The van der Waals surface area contributed by atoms with Crippen LogP contribution in [0.25, 0.3) is 0 Å². The maximum absolute atomic E-state index is 10.5. The molecule has 4 heteroatoms. The fourth-order valence-electron chi connectivity index (χ4n) is 2.84. The van der Waals surface area contributed by atoms with Gasteiger partial charge in [0.05, 0.1) is 11.1 Å². The van der Waals surface area contributed by atoms with Crippen molar-refractivity contribution in [2.45, 2.75) is 44.6 Å². The number of rotatable bonds is 3. The first-order valence-corrected chi connectivity index (χ1v) is 7.65. The normalized spacial score (nSPS) is 20.0. The molecule has 2 aromatic heterocycles. The number of nitrogens with zero attached hydrogens (tertiary/aromatic N) is 2. The molecule has 19 heavy (non-hydrogen) atoms. The average molecular weight is 274 g/mol. The fraction of sp³-hybridized carbons (Fsp3) is 0.467. The van der Waals surface area contributed by atoms with E-state index in [1.165, 1.54) is 5.56 Å². The van der Waals surface area contributed by atoms with E-state index in [1.807, 2.05) is 24.6 Å². The lowest BCUT2D eigenvalue weighted by molar-refractivity contribution is 0.132. The van der Waals surface area contributed by atoms with Crippen LogP contribution in [-0.4, -0.2) is 21.2 Å². The van der Waals surface area contributed by atoms with Crippen molar-refractivity contribution in [3.8, 4) is 0 Å². The molecule has 0 radical (unpaired) electrons. The van der Waals surface area contributed by atoms with E-state index in [2.05, 4.69) is 16.0 Å². The Morgan fingerprint density at radius 1 is 1.53 bits per heavy atom. The lowest BCUT2D eigenvalue weighted by atomic mass is 9.82. The van der Waals surface area contributed by atoms with Crippen molar-refractivity contribution in [3.63, 3.8) is 0 Å². The number of pyridine rings is 1. The predicted octanol–water partition coefficient (Wildman–Crippen LogP) is 2.87. The molecule has 1 aliphatic rings. The van der Waals surface area contributed by atoms with Crippen molar-refractivity contribution in [1.29, 1.82) is 0 Å². The molecule has 100 valence electrons. The minimum absolute atomic E-state index is 0.161. The molecular formula is C15H18N2OS. The van der Waals surface area contributed by atoms with Gasteiger partial charge in [-0.25, -0.2) is 4.98 Å². The molecule has 2 atom stereocenters. The quantitative estimate of drug-likeness (QED) is 0.936. The Balaban J connectivity index is 1.79. The number of hydrogen-bond donors (Lipinski definition) is 1. The van der Waals surface area contributed by atoms with Gasteiger partial charge in [-0.3, -0.25) is 4.98 Å². The van der Waals surface area contributed by atoms with Crippen molar-refractivity contribution in [2.75, 3.05) is 0 Å². The summed E-state index contributed by atoms with van der Waals surface area (Å²) in [6.07, 6.45) is 5.34. The molecule has 1 aliphatic carbocycles. The molecule has 0 spiro atoms.